The molecule has 3 aromatic rings. The van der Waals surface area contributed by atoms with Crippen LogP contribution in [0.15, 0.2) is 73.1 Å². The number of pyridine rings is 1. The molecular weight excluding hydrogens is 444 g/mol. The van der Waals surface area contributed by atoms with Crippen LogP contribution in [-0.4, -0.2) is 28.1 Å². The first kappa shape index (κ1) is 24.3. The van der Waals surface area contributed by atoms with E-state index in [4.69, 9.17) is 0 Å². The lowest BCUT2D eigenvalue weighted by Crippen LogP contribution is -2.51. The third-order valence-corrected chi connectivity index (χ3v) is 8.18. The van der Waals surface area contributed by atoms with E-state index in [2.05, 4.69) is 64.6 Å². The third kappa shape index (κ3) is 4.94. The van der Waals surface area contributed by atoms with Crippen LogP contribution in [-0.2, 0) is 24.7 Å². The van der Waals surface area contributed by atoms with Crippen LogP contribution in [0.25, 0.3) is 0 Å². The fourth-order valence-corrected chi connectivity index (χ4v) is 6.44. The Labute approximate surface area is 214 Å². The molecule has 1 saturated carbocycles. The lowest BCUT2D eigenvalue weighted by Gasteiger charge is -2.52. The van der Waals surface area contributed by atoms with E-state index in [-0.39, 0.29) is 11.3 Å². The first-order valence-electron chi connectivity index (χ1n) is 13.0. The molecule has 2 aliphatic carbocycles. The normalized spacial score (nSPS) is 24.6. The first-order valence-corrected chi connectivity index (χ1v) is 13.0. The van der Waals surface area contributed by atoms with Gasteiger partial charge < -0.3 is 10.4 Å². The first-order chi connectivity index (χ1) is 17.5. The van der Waals surface area contributed by atoms with Gasteiger partial charge >= 0.3 is 0 Å². The highest BCUT2D eigenvalue weighted by Crippen LogP contribution is 2.54. The van der Waals surface area contributed by atoms with Gasteiger partial charge in [-0.3, -0.25) is 9.78 Å². The zero-order valence-electron chi connectivity index (χ0n) is 21.0. The monoisotopic (exact) mass is 478 g/mol. The van der Waals surface area contributed by atoms with Gasteiger partial charge in [0.1, 0.15) is 5.60 Å². The van der Waals surface area contributed by atoms with Crippen molar-refractivity contribution < 1.29 is 9.90 Å². The largest absolute Gasteiger partial charge is 0.378 e. The average molecular weight is 479 g/mol. The van der Waals surface area contributed by atoms with E-state index < -0.39 is 5.60 Å². The van der Waals surface area contributed by atoms with E-state index in [1.165, 1.54) is 16.7 Å². The number of nitrogens with zero attached hydrogens (tertiary/aromatic N) is 1. The Morgan fingerprint density at radius 3 is 2.67 bits per heavy atom. The van der Waals surface area contributed by atoms with Gasteiger partial charge in [0.2, 0.25) is 0 Å². The molecule has 0 unspecified atom stereocenters. The minimum absolute atomic E-state index is 0.0256. The van der Waals surface area contributed by atoms with Crippen molar-refractivity contribution >= 4 is 5.91 Å². The minimum Gasteiger partial charge on any atom is -0.378 e. The van der Waals surface area contributed by atoms with E-state index >= 15 is 0 Å². The predicted octanol–water partition coefficient (Wildman–Crippen LogP) is 5.04. The average Bonchev–Trinajstić information content (AvgIpc) is 2.90. The molecule has 4 nitrogen and oxygen atoms in total. The summed E-state index contributed by atoms with van der Waals surface area (Å²) in [6.45, 7) is 2.40. The lowest BCUT2D eigenvalue weighted by atomic mass is 9.52. The summed E-state index contributed by atoms with van der Waals surface area (Å²) in [5, 5.41) is 14.3. The summed E-state index contributed by atoms with van der Waals surface area (Å²) in [6.07, 6.45) is 9.47. The van der Waals surface area contributed by atoms with Crippen molar-refractivity contribution in [1.82, 2.24) is 10.3 Å². The highest BCUT2D eigenvalue weighted by Gasteiger charge is 2.51. The molecule has 2 aromatic carbocycles. The quantitative estimate of drug-likeness (QED) is 0.488. The summed E-state index contributed by atoms with van der Waals surface area (Å²) in [5.41, 5.74) is 4.88. The van der Waals surface area contributed by atoms with Crippen LogP contribution in [0, 0.1) is 17.8 Å². The Bertz CT molecular complexity index is 1280. The standard InChI is InChI=1S/C32H34N2O2/c1-2-15-31(36)16-17-32(22-25-6-4-3-5-7-25)28(23-31)10-8-26-21-27(9-11-29(26)32)30(35)34-20-14-24-12-18-33-19-13-24/h3-7,9,11-13,18-19,21,28,36H,8,10,14,16-17,20,22-23H2,1H3,(H,34,35)/t28-,31-,32+/m1/s1. The zero-order chi connectivity index (χ0) is 25.0. The number of aliphatic hydroxyl groups is 1. The number of benzene rings is 2. The van der Waals surface area contributed by atoms with Crippen LogP contribution in [0.5, 0.6) is 0 Å². The molecule has 36 heavy (non-hydrogen) atoms. The number of aromatic nitrogens is 1. The molecule has 4 heteroatoms. The van der Waals surface area contributed by atoms with Crippen LogP contribution in [0.1, 0.15) is 65.2 Å². The van der Waals surface area contributed by atoms with Crippen LogP contribution < -0.4 is 5.32 Å². The number of rotatable bonds is 6. The Kier molecular flexibility index (Phi) is 6.94. The molecule has 0 saturated heterocycles. The van der Waals surface area contributed by atoms with Crippen molar-refractivity contribution in [3.8, 4) is 11.8 Å². The van der Waals surface area contributed by atoms with Gasteiger partial charge in [-0.15, -0.1) is 5.92 Å². The summed E-state index contributed by atoms with van der Waals surface area (Å²) in [7, 11) is 0. The second-order valence-electron chi connectivity index (χ2n) is 10.4. The molecule has 0 bridgehead atoms. The summed E-state index contributed by atoms with van der Waals surface area (Å²) in [4.78, 5) is 17.0. The van der Waals surface area contributed by atoms with Gasteiger partial charge in [-0.1, -0.05) is 42.3 Å². The number of carbonyl (C=O) groups is 1. The Balaban J connectivity index is 1.40. The van der Waals surface area contributed by atoms with Gasteiger partial charge in [0.05, 0.1) is 0 Å². The van der Waals surface area contributed by atoms with Gasteiger partial charge in [-0.25, -0.2) is 0 Å². The number of nitrogens with one attached hydrogen (secondary N) is 1. The molecule has 1 fully saturated rings. The Morgan fingerprint density at radius 2 is 1.89 bits per heavy atom. The van der Waals surface area contributed by atoms with Crippen molar-refractivity contribution in [2.45, 2.75) is 62.9 Å². The van der Waals surface area contributed by atoms with Crippen molar-refractivity contribution in [2.75, 3.05) is 6.54 Å². The van der Waals surface area contributed by atoms with Gasteiger partial charge in [-0.05, 0) is 104 Å². The molecule has 3 atom stereocenters. The van der Waals surface area contributed by atoms with E-state index in [1.54, 1.807) is 12.4 Å². The fraction of sp³-hybridized carbons (Fsp3) is 0.375. The number of carbonyl (C=O) groups excluding carboxylic acids is 1. The van der Waals surface area contributed by atoms with E-state index in [1.807, 2.05) is 25.1 Å². The van der Waals surface area contributed by atoms with Gasteiger partial charge in [-0.2, -0.15) is 0 Å². The number of amides is 1. The van der Waals surface area contributed by atoms with Crippen molar-refractivity contribution in [3.63, 3.8) is 0 Å². The van der Waals surface area contributed by atoms with Crippen LogP contribution in [0.4, 0.5) is 0 Å². The fourth-order valence-electron chi connectivity index (χ4n) is 6.44. The Hall–Kier alpha value is -3.42. The highest BCUT2D eigenvalue weighted by molar-refractivity contribution is 5.94. The molecule has 1 aromatic heterocycles. The topological polar surface area (TPSA) is 62.2 Å². The van der Waals surface area contributed by atoms with Crippen LogP contribution >= 0.6 is 0 Å². The number of hydrogen-bond acceptors (Lipinski definition) is 3. The van der Waals surface area contributed by atoms with E-state index in [0.717, 1.165) is 43.2 Å². The van der Waals surface area contributed by atoms with Crippen molar-refractivity contribution in [1.29, 1.82) is 0 Å². The maximum absolute atomic E-state index is 13.0. The molecule has 184 valence electrons. The number of hydrogen-bond donors (Lipinski definition) is 2. The van der Waals surface area contributed by atoms with Crippen LogP contribution in [0.2, 0.25) is 0 Å². The second-order valence-corrected chi connectivity index (χ2v) is 10.4. The molecular formula is C32H34N2O2. The summed E-state index contributed by atoms with van der Waals surface area (Å²) in [6, 6.07) is 20.9. The number of aryl methyl sites for hydroxylation is 1. The smallest absolute Gasteiger partial charge is 0.251 e. The molecule has 0 aliphatic heterocycles. The molecule has 0 spiro atoms. The van der Waals surface area contributed by atoms with Gasteiger partial charge in [0.25, 0.3) is 5.91 Å². The number of fused-ring (bicyclic) bond motifs is 3. The molecule has 1 heterocycles. The van der Waals surface area contributed by atoms with Crippen molar-refractivity contribution in [3.05, 3.63) is 101 Å². The molecule has 1 amide bonds. The maximum Gasteiger partial charge on any atom is 0.251 e. The summed E-state index contributed by atoms with van der Waals surface area (Å²) >= 11 is 0. The van der Waals surface area contributed by atoms with Gasteiger partial charge in [0, 0.05) is 29.9 Å². The van der Waals surface area contributed by atoms with Crippen molar-refractivity contribution in [2.24, 2.45) is 5.92 Å². The van der Waals surface area contributed by atoms with E-state index in [0.29, 0.717) is 25.3 Å². The predicted molar refractivity (Wildman–Crippen MR) is 143 cm³/mol. The lowest BCUT2D eigenvalue weighted by molar-refractivity contribution is -0.00801. The van der Waals surface area contributed by atoms with Gasteiger partial charge in [0.15, 0.2) is 0 Å². The zero-order valence-corrected chi connectivity index (χ0v) is 21.0. The maximum atomic E-state index is 13.0. The third-order valence-electron chi connectivity index (χ3n) is 8.18. The Morgan fingerprint density at radius 1 is 1.08 bits per heavy atom. The van der Waals surface area contributed by atoms with Crippen LogP contribution in [0.3, 0.4) is 0 Å². The van der Waals surface area contributed by atoms with E-state index in [9.17, 15) is 9.90 Å². The molecule has 5 rings (SSSR count). The summed E-state index contributed by atoms with van der Waals surface area (Å²) in [5.74, 6) is 6.38. The summed E-state index contributed by atoms with van der Waals surface area (Å²) < 4.78 is 0. The SMILES string of the molecule is CC#C[C@@]1(O)CC[C@@]2(Cc3ccccc3)c3ccc(C(=O)NCCc4ccncc4)cc3CC[C@@H]2C1. The minimum atomic E-state index is -0.897. The highest BCUT2D eigenvalue weighted by atomic mass is 16.3. The second kappa shape index (κ2) is 10.3. The molecule has 2 aliphatic rings. The molecule has 2 N–H and O–H groups in total. The molecule has 0 radical (unpaired) electrons.